The number of morpholine rings is 1. The van der Waals surface area contributed by atoms with Crippen molar-refractivity contribution in [2.45, 2.75) is 25.5 Å². The molecule has 2 aromatic heterocycles. The molecule has 0 amide bonds. The average molecular weight is 645 g/mol. The van der Waals surface area contributed by atoms with Crippen molar-refractivity contribution in [2.24, 2.45) is 0 Å². The fraction of sp³-hybridized carbons (Fsp3) is 0.242. The molecular weight excluding hydrogens is 612 g/mol. The van der Waals surface area contributed by atoms with Crippen molar-refractivity contribution in [1.29, 1.82) is 0 Å². The molecule has 0 radical (unpaired) electrons. The second-order valence-electron chi connectivity index (χ2n) is 11.0. The number of ether oxygens (including phenoxy) is 1. The zero-order chi connectivity index (χ0) is 31.4. The summed E-state index contributed by atoms with van der Waals surface area (Å²) in [6, 6.07) is 23.1. The van der Waals surface area contributed by atoms with Crippen molar-refractivity contribution in [3.63, 3.8) is 0 Å². The first-order chi connectivity index (χ1) is 21.7. The number of nitrogens with one attached hydrogen (secondary N) is 2. The molecule has 12 heteroatoms. The first kappa shape index (κ1) is 30.6. The number of benzene rings is 3. The predicted octanol–water partition coefficient (Wildman–Crippen LogP) is 7.05. The summed E-state index contributed by atoms with van der Waals surface area (Å²) in [5, 5.41) is 4.05. The standard InChI is InChI=1S/C33H33FN6O3S2/c1-22(2)32-38-30(24-9-6-10-26(19-24)39-45(41,42)21-23-7-4-3-5-8-23)31(44-32)28-13-14-35-33(37-28)36-25-11-12-29(27(34)20-25)40-15-17-43-18-16-40/h3-14,19-20,22,39H,15-18,21H2,1-2H3,(H,35,36,37). The number of aromatic nitrogens is 3. The molecule has 1 aliphatic rings. The van der Waals surface area contributed by atoms with E-state index in [1.807, 2.05) is 35.2 Å². The predicted molar refractivity (Wildman–Crippen MR) is 178 cm³/mol. The molecule has 1 fully saturated rings. The summed E-state index contributed by atoms with van der Waals surface area (Å²) in [6.45, 7) is 6.59. The molecule has 45 heavy (non-hydrogen) atoms. The van der Waals surface area contributed by atoms with E-state index in [9.17, 15) is 8.42 Å². The van der Waals surface area contributed by atoms with Gasteiger partial charge < -0.3 is 15.0 Å². The van der Waals surface area contributed by atoms with E-state index in [1.54, 1.807) is 48.7 Å². The van der Waals surface area contributed by atoms with Gasteiger partial charge in [0.1, 0.15) is 5.82 Å². The van der Waals surface area contributed by atoms with E-state index in [1.165, 1.54) is 17.4 Å². The van der Waals surface area contributed by atoms with E-state index < -0.39 is 10.0 Å². The average Bonchev–Trinajstić information content (AvgIpc) is 3.48. The lowest BCUT2D eigenvalue weighted by Gasteiger charge is -2.29. The number of thiazole rings is 1. The molecule has 3 aromatic carbocycles. The van der Waals surface area contributed by atoms with E-state index in [0.717, 1.165) is 15.4 Å². The summed E-state index contributed by atoms with van der Waals surface area (Å²) in [6.07, 6.45) is 1.65. The maximum absolute atomic E-state index is 15.0. The highest BCUT2D eigenvalue weighted by Crippen LogP contribution is 2.39. The number of nitrogens with zero attached hydrogens (tertiary/aromatic N) is 4. The first-order valence-corrected chi connectivity index (χ1v) is 17.1. The Balaban J connectivity index is 1.26. The fourth-order valence-corrected chi connectivity index (χ4v) is 7.26. The largest absolute Gasteiger partial charge is 0.378 e. The molecule has 2 N–H and O–H groups in total. The van der Waals surface area contributed by atoms with Crippen LogP contribution in [0.15, 0.2) is 85.1 Å². The zero-order valence-electron chi connectivity index (χ0n) is 24.9. The van der Waals surface area contributed by atoms with Crippen molar-refractivity contribution in [3.05, 3.63) is 101 Å². The SMILES string of the molecule is CC(C)c1nc(-c2cccc(NS(=O)(=O)Cc3ccccc3)c2)c(-c2ccnc(Nc3ccc(N4CCOCC4)c(F)c3)n2)s1. The van der Waals surface area contributed by atoms with Crippen LogP contribution in [-0.4, -0.2) is 49.7 Å². The lowest BCUT2D eigenvalue weighted by atomic mass is 10.1. The van der Waals surface area contributed by atoms with Gasteiger partial charge in [0.25, 0.3) is 0 Å². The van der Waals surface area contributed by atoms with Gasteiger partial charge in [-0.3, -0.25) is 4.72 Å². The number of rotatable bonds is 10. The van der Waals surface area contributed by atoms with Crippen molar-refractivity contribution in [3.8, 4) is 21.8 Å². The number of halogens is 1. The highest BCUT2D eigenvalue weighted by molar-refractivity contribution is 7.91. The van der Waals surface area contributed by atoms with E-state index in [4.69, 9.17) is 14.7 Å². The topological polar surface area (TPSA) is 109 Å². The summed E-state index contributed by atoms with van der Waals surface area (Å²) in [5.74, 6) is 0.0265. The Labute approximate surface area is 266 Å². The molecule has 6 rings (SSSR count). The van der Waals surface area contributed by atoms with Crippen LogP contribution in [-0.2, 0) is 20.5 Å². The number of hydrogen-bond donors (Lipinski definition) is 2. The molecule has 0 bridgehead atoms. The number of anilines is 4. The third-order valence-electron chi connectivity index (χ3n) is 7.19. The van der Waals surface area contributed by atoms with E-state index in [2.05, 4.69) is 28.9 Å². The Morgan fingerprint density at radius 2 is 1.76 bits per heavy atom. The van der Waals surface area contributed by atoms with Crippen LogP contribution in [0.3, 0.4) is 0 Å². The van der Waals surface area contributed by atoms with Gasteiger partial charge in [0, 0.05) is 42.1 Å². The lowest BCUT2D eigenvalue weighted by molar-refractivity contribution is 0.122. The third kappa shape index (κ3) is 7.47. The molecule has 0 atom stereocenters. The quantitative estimate of drug-likeness (QED) is 0.167. The minimum atomic E-state index is -3.64. The Morgan fingerprint density at radius 1 is 0.956 bits per heavy atom. The highest BCUT2D eigenvalue weighted by Gasteiger charge is 2.20. The molecule has 232 valence electrons. The van der Waals surface area contributed by atoms with E-state index in [-0.39, 0.29) is 17.5 Å². The monoisotopic (exact) mass is 644 g/mol. The third-order valence-corrected chi connectivity index (χ3v) is 9.83. The molecular formula is C33H33FN6O3S2. The van der Waals surface area contributed by atoms with Crippen LogP contribution >= 0.6 is 11.3 Å². The normalized spacial score (nSPS) is 13.6. The Kier molecular flexibility index (Phi) is 9.06. The lowest BCUT2D eigenvalue weighted by Crippen LogP contribution is -2.36. The van der Waals surface area contributed by atoms with Crippen LogP contribution in [0.25, 0.3) is 21.8 Å². The molecule has 0 aliphatic carbocycles. The number of sulfonamides is 1. The van der Waals surface area contributed by atoms with Crippen molar-refractivity contribution < 1.29 is 17.5 Å². The van der Waals surface area contributed by atoms with Gasteiger partial charge in [-0.1, -0.05) is 56.3 Å². The van der Waals surface area contributed by atoms with Gasteiger partial charge in [0.05, 0.1) is 45.9 Å². The Hall–Kier alpha value is -4.39. The van der Waals surface area contributed by atoms with Crippen molar-refractivity contribution >= 4 is 44.4 Å². The second kappa shape index (κ2) is 13.3. The zero-order valence-corrected chi connectivity index (χ0v) is 26.5. The van der Waals surface area contributed by atoms with Gasteiger partial charge in [-0.25, -0.2) is 27.8 Å². The molecule has 1 saturated heterocycles. The van der Waals surface area contributed by atoms with Crippen molar-refractivity contribution in [2.75, 3.05) is 41.2 Å². The maximum atomic E-state index is 15.0. The van der Waals surface area contributed by atoms with Gasteiger partial charge in [-0.05, 0) is 42.0 Å². The molecule has 3 heterocycles. The van der Waals surface area contributed by atoms with Gasteiger partial charge in [-0.15, -0.1) is 11.3 Å². The Morgan fingerprint density at radius 3 is 2.51 bits per heavy atom. The number of hydrogen-bond acceptors (Lipinski definition) is 9. The molecule has 9 nitrogen and oxygen atoms in total. The van der Waals surface area contributed by atoms with Crippen molar-refractivity contribution in [1.82, 2.24) is 15.0 Å². The first-order valence-electron chi connectivity index (χ1n) is 14.6. The van der Waals surface area contributed by atoms with Crippen LogP contribution in [0.5, 0.6) is 0 Å². The van der Waals surface area contributed by atoms with Gasteiger partial charge >= 0.3 is 0 Å². The summed E-state index contributed by atoms with van der Waals surface area (Å²) >= 11 is 1.53. The molecule has 1 aliphatic heterocycles. The smallest absolute Gasteiger partial charge is 0.236 e. The summed E-state index contributed by atoms with van der Waals surface area (Å²) < 4.78 is 49.0. The second-order valence-corrected chi connectivity index (χ2v) is 13.7. The van der Waals surface area contributed by atoms with Crippen LogP contribution in [0, 0.1) is 5.82 Å². The molecule has 0 spiro atoms. The fourth-order valence-electron chi connectivity index (χ4n) is 5.01. The molecule has 5 aromatic rings. The summed E-state index contributed by atoms with van der Waals surface area (Å²) in [5.41, 5.74) is 4.31. The summed E-state index contributed by atoms with van der Waals surface area (Å²) in [4.78, 5) is 16.9. The van der Waals surface area contributed by atoms with Crippen LogP contribution < -0.4 is 14.9 Å². The maximum Gasteiger partial charge on any atom is 0.236 e. The summed E-state index contributed by atoms with van der Waals surface area (Å²) in [7, 11) is -3.64. The van der Waals surface area contributed by atoms with Crippen LogP contribution in [0.1, 0.15) is 30.3 Å². The van der Waals surface area contributed by atoms with E-state index >= 15 is 4.39 Å². The highest BCUT2D eigenvalue weighted by atomic mass is 32.2. The molecule has 0 saturated carbocycles. The minimum Gasteiger partial charge on any atom is -0.378 e. The van der Waals surface area contributed by atoms with Crippen LogP contribution in [0.4, 0.5) is 27.4 Å². The van der Waals surface area contributed by atoms with E-state index in [0.29, 0.717) is 66.3 Å². The Bertz CT molecular complexity index is 1890. The molecule has 0 unspecified atom stereocenters. The van der Waals surface area contributed by atoms with Crippen LogP contribution in [0.2, 0.25) is 0 Å². The van der Waals surface area contributed by atoms with Gasteiger partial charge in [0.2, 0.25) is 16.0 Å². The minimum absolute atomic E-state index is 0.131. The van der Waals surface area contributed by atoms with Gasteiger partial charge in [0.15, 0.2) is 0 Å². The van der Waals surface area contributed by atoms with Gasteiger partial charge in [-0.2, -0.15) is 0 Å².